The Kier molecular flexibility index (Phi) is 6.02. The lowest BCUT2D eigenvalue weighted by Crippen LogP contribution is -2.66. The molecule has 2 aliphatic heterocycles. The van der Waals surface area contributed by atoms with Crippen molar-refractivity contribution in [2.75, 3.05) is 13.2 Å². The third-order valence-electron chi connectivity index (χ3n) is 7.43. The van der Waals surface area contributed by atoms with Crippen molar-refractivity contribution >= 4 is 40.4 Å². The van der Waals surface area contributed by atoms with Crippen LogP contribution in [0.2, 0.25) is 5.04 Å². The third kappa shape index (κ3) is 3.80. The zero-order valence-electron chi connectivity index (χ0n) is 19.4. The lowest BCUT2D eigenvalue weighted by atomic mass is 9.73. The predicted octanol–water partition coefficient (Wildman–Crippen LogP) is 4.36. The minimum absolute atomic E-state index is 0.0180. The van der Waals surface area contributed by atoms with E-state index in [0.29, 0.717) is 19.6 Å². The monoisotopic (exact) mass is 526 g/mol. The first kappa shape index (κ1) is 23.2. The van der Waals surface area contributed by atoms with Crippen LogP contribution >= 0.6 is 15.9 Å². The average molecular weight is 528 g/mol. The van der Waals surface area contributed by atoms with Gasteiger partial charge >= 0.3 is 0 Å². The number of alkyl halides is 1. The highest BCUT2D eigenvalue weighted by atomic mass is 79.9. The van der Waals surface area contributed by atoms with Crippen molar-refractivity contribution in [1.82, 2.24) is 0 Å². The second-order valence-corrected chi connectivity index (χ2v) is 16.1. The van der Waals surface area contributed by atoms with Crippen LogP contribution in [0, 0.1) is 5.92 Å². The van der Waals surface area contributed by atoms with Crippen molar-refractivity contribution in [3.05, 3.63) is 72.3 Å². The summed E-state index contributed by atoms with van der Waals surface area (Å²) >= 11 is 3.80. The molecule has 1 aliphatic carbocycles. The lowest BCUT2D eigenvalue weighted by molar-refractivity contribution is -0.162. The number of fused-ring (bicyclic) bond motifs is 4. The minimum atomic E-state index is -2.60. The normalized spacial score (nSPS) is 29.5. The van der Waals surface area contributed by atoms with E-state index in [1.54, 1.807) is 0 Å². The Bertz CT molecular complexity index is 1010. The molecule has 0 saturated carbocycles. The third-order valence-corrected chi connectivity index (χ3v) is 13.7. The van der Waals surface area contributed by atoms with E-state index in [1.165, 1.54) is 15.9 Å². The van der Waals surface area contributed by atoms with Gasteiger partial charge in [0.25, 0.3) is 8.32 Å². The molecule has 2 aromatic rings. The molecule has 5 rings (SSSR count). The number of hydrogen-bond donors (Lipinski definition) is 0. The van der Waals surface area contributed by atoms with Gasteiger partial charge in [-0.1, -0.05) is 103 Å². The Morgan fingerprint density at radius 1 is 1.06 bits per heavy atom. The molecule has 0 N–H and O–H groups in total. The SMILES string of the molecule is CC(C)(C)[Si](OCC1=CC[C@@]2(Br)C(=O)[C@@H]3OC[C@@H](O3)[C@H]2C1)(c1ccccc1)c1ccccc1. The Balaban J connectivity index is 1.48. The van der Waals surface area contributed by atoms with Crippen molar-refractivity contribution in [2.45, 2.75) is 55.4 Å². The van der Waals surface area contributed by atoms with Gasteiger partial charge < -0.3 is 13.9 Å². The minimum Gasteiger partial charge on any atom is -0.403 e. The van der Waals surface area contributed by atoms with Crippen LogP contribution in [0.3, 0.4) is 0 Å². The first-order chi connectivity index (χ1) is 15.8. The van der Waals surface area contributed by atoms with E-state index in [0.717, 1.165) is 6.42 Å². The molecule has 4 nitrogen and oxygen atoms in total. The highest BCUT2D eigenvalue weighted by Crippen LogP contribution is 2.50. The van der Waals surface area contributed by atoms with E-state index >= 15 is 0 Å². The van der Waals surface area contributed by atoms with Crippen LogP contribution in [-0.2, 0) is 18.7 Å². The van der Waals surface area contributed by atoms with Gasteiger partial charge in [0, 0.05) is 5.92 Å². The molecule has 0 spiro atoms. The Hall–Kier alpha value is -1.57. The van der Waals surface area contributed by atoms with Gasteiger partial charge in [-0.05, 0) is 33.8 Å². The number of halogens is 1. The maximum Gasteiger partial charge on any atom is 0.261 e. The van der Waals surface area contributed by atoms with E-state index in [4.69, 9.17) is 13.9 Å². The first-order valence-electron chi connectivity index (χ1n) is 11.7. The van der Waals surface area contributed by atoms with E-state index < -0.39 is 18.9 Å². The van der Waals surface area contributed by atoms with Gasteiger partial charge in [0.2, 0.25) is 12.1 Å². The van der Waals surface area contributed by atoms with Gasteiger partial charge in [-0.2, -0.15) is 0 Å². The average Bonchev–Trinajstić information content (AvgIpc) is 3.26. The van der Waals surface area contributed by atoms with Crippen molar-refractivity contribution in [3.8, 4) is 0 Å². The van der Waals surface area contributed by atoms with Crippen molar-refractivity contribution in [1.29, 1.82) is 0 Å². The number of allylic oxidation sites excluding steroid dienone is 1. The highest BCUT2D eigenvalue weighted by Gasteiger charge is 2.59. The number of carbonyl (C=O) groups is 1. The lowest BCUT2D eigenvalue weighted by Gasteiger charge is -2.45. The molecule has 0 aromatic heterocycles. The topological polar surface area (TPSA) is 44.8 Å². The molecule has 4 atom stereocenters. The molecule has 33 heavy (non-hydrogen) atoms. The number of rotatable bonds is 5. The van der Waals surface area contributed by atoms with Gasteiger partial charge in [-0.15, -0.1) is 0 Å². The van der Waals surface area contributed by atoms with Crippen LogP contribution < -0.4 is 10.4 Å². The summed E-state index contributed by atoms with van der Waals surface area (Å²) in [5.74, 6) is 0.0796. The summed E-state index contributed by atoms with van der Waals surface area (Å²) in [5.41, 5.74) is 1.24. The fourth-order valence-corrected chi connectivity index (χ4v) is 11.1. The summed E-state index contributed by atoms with van der Waals surface area (Å²) < 4.78 is 18.0. The molecule has 6 heteroatoms. The van der Waals surface area contributed by atoms with Crippen LogP contribution in [0.4, 0.5) is 0 Å². The predicted molar refractivity (Wildman–Crippen MR) is 136 cm³/mol. The molecule has 2 aromatic carbocycles. The summed E-state index contributed by atoms with van der Waals surface area (Å²) in [4.78, 5) is 12.9. The molecule has 2 heterocycles. The van der Waals surface area contributed by atoms with Gasteiger partial charge in [-0.3, -0.25) is 4.79 Å². The van der Waals surface area contributed by atoms with Crippen LogP contribution in [0.5, 0.6) is 0 Å². The van der Waals surface area contributed by atoms with Crippen molar-refractivity contribution < 1.29 is 18.7 Å². The van der Waals surface area contributed by atoms with Gasteiger partial charge in [-0.25, -0.2) is 0 Å². The van der Waals surface area contributed by atoms with E-state index in [9.17, 15) is 4.79 Å². The summed E-state index contributed by atoms with van der Waals surface area (Å²) in [7, 11) is -2.60. The number of carbonyl (C=O) groups excluding carboxylic acids is 1. The fourth-order valence-electron chi connectivity index (χ4n) is 5.73. The molecule has 0 amide bonds. The highest BCUT2D eigenvalue weighted by molar-refractivity contribution is 9.10. The number of hydrogen-bond acceptors (Lipinski definition) is 4. The van der Waals surface area contributed by atoms with Gasteiger partial charge in [0.05, 0.1) is 23.6 Å². The molecule has 174 valence electrons. The molecule has 0 unspecified atom stereocenters. The number of Topliss-reactive ketones (excluding diaryl/α,β-unsaturated/α-hetero) is 1. The second-order valence-electron chi connectivity index (χ2n) is 10.4. The summed E-state index contributed by atoms with van der Waals surface area (Å²) in [6.45, 7) is 7.92. The number of ketones is 1. The molecular formula is C27H31BrO4Si. The van der Waals surface area contributed by atoms with Crippen LogP contribution in [-0.4, -0.2) is 44.0 Å². The number of ether oxygens (including phenoxy) is 2. The van der Waals surface area contributed by atoms with Crippen LogP contribution in [0.25, 0.3) is 0 Å². The molecule has 2 bridgehead atoms. The fraction of sp³-hybridized carbons (Fsp3) is 0.444. The molecule has 3 aliphatic rings. The molecular weight excluding hydrogens is 496 g/mol. The Morgan fingerprint density at radius 2 is 1.67 bits per heavy atom. The van der Waals surface area contributed by atoms with Gasteiger partial charge in [0.1, 0.15) is 0 Å². The Morgan fingerprint density at radius 3 is 2.24 bits per heavy atom. The molecule has 2 saturated heterocycles. The van der Waals surface area contributed by atoms with Gasteiger partial charge in [0.15, 0.2) is 0 Å². The van der Waals surface area contributed by atoms with E-state index in [1.807, 2.05) is 0 Å². The molecule has 0 radical (unpaired) electrons. The number of benzene rings is 2. The standard InChI is InChI=1S/C27H31BrO4Si/c1-26(2,3)33(20-10-6-4-7-11-20,21-12-8-5-9-13-21)31-17-19-14-15-27(28)22(16-19)23-18-30-25(32-23)24(27)29/h4-14,22-23,25H,15-18H2,1-3H3/t22-,23-,25-,27+/m1/s1. The quantitative estimate of drug-likeness (QED) is 0.330. The second kappa shape index (κ2) is 8.58. The van der Waals surface area contributed by atoms with Crippen molar-refractivity contribution in [3.63, 3.8) is 0 Å². The zero-order chi connectivity index (χ0) is 23.3. The Labute approximate surface area is 205 Å². The molecule has 2 fully saturated rings. The van der Waals surface area contributed by atoms with Crippen LogP contribution in [0.15, 0.2) is 72.3 Å². The smallest absolute Gasteiger partial charge is 0.261 e. The zero-order valence-corrected chi connectivity index (χ0v) is 22.0. The summed E-state index contributed by atoms with van der Waals surface area (Å²) in [6.07, 6.45) is 2.86. The van der Waals surface area contributed by atoms with E-state index in [2.05, 4.69) is 103 Å². The maximum absolute atomic E-state index is 12.9. The van der Waals surface area contributed by atoms with Crippen molar-refractivity contribution in [2.24, 2.45) is 5.92 Å². The first-order valence-corrected chi connectivity index (χ1v) is 14.4. The maximum atomic E-state index is 12.9. The summed E-state index contributed by atoms with van der Waals surface area (Å²) in [5, 5.41) is 2.48. The van der Waals surface area contributed by atoms with E-state index in [-0.39, 0.29) is 22.8 Å². The van der Waals surface area contributed by atoms with Crippen LogP contribution in [0.1, 0.15) is 33.6 Å². The largest absolute Gasteiger partial charge is 0.403 e. The summed E-state index contributed by atoms with van der Waals surface area (Å²) in [6, 6.07) is 21.4.